The quantitative estimate of drug-likeness (QED) is 0.787. The Kier molecular flexibility index (Phi) is 3.42. The van der Waals surface area contributed by atoms with Gasteiger partial charge in [0.25, 0.3) is 0 Å². The molecule has 0 radical (unpaired) electrons. The Morgan fingerprint density at radius 2 is 1.79 bits per heavy atom. The first kappa shape index (κ1) is 14.9. The van der Waals surface area contributed by atoms with Crippen LogP contribution in [-0.4, -0.2) is 17.3 Å². The molecule has 1 N–H and O–H groups in total. The molecule has 0 saturated heterocycles. The van der Waals surface area contributed by atoms with E-state index in [0.717, 1.165) is 6.42 Å². The molecule has 2 heteroatoms. The summed E-state index contributed by atoms with van der Waals surface area (Å²) in [5.41, 5.74) is 7.92. The summed E-state index contributed by atoms with van der Waals surface area (Å²) in [7, 11) is 2.16. The summed E-state index contributed by atoms with van der Waals surface area (Å²) in [6.07, 6.45) is 7.60. The Labute approximate surface area is 143 Å². The van der Waals surface area contributed by atoms with Crippen molar-refractivity contribution < 1.29 is 4.58 Å². The minimum absolute atomic E-state index is 0.0341. The van der Waals surface area contributed by atoms with Crippen LogP contribution in [0.2, 0.25) is 0 Å². The molecule has 0 amide bonds. The first-order valence-corrected chi connectivity index (χ1v) is 8.50. The molecular formula is C22H23N2+. The van der Waals surface area contributed by atoms with Crippen LogP contribution in [0.15, 0.2) is 72.5 Å². The van der Waals surface area contributed by atoms with Crippen molar-refractivity contribution in [1.29, 1.82) is 0 Å². The number of benzene rings is 2. The number of anilines is 1. The Bertz CT molecular complexity index is 871. The molecule has 2 heterocycles. The average molecular weight is 315 g/mol. The van der Waals surface area contributed by atoms with E-state index >= 15 is 0 Å². The van der Waals surface area contributed by atoms with Crippen molar-refractivity contribution in [3.63, 3.8) is 0 Å². The van der Waals surface area contributed by atoms with Crippen molar-refractivity contribution in [2.24, 2.45) is 0 Å². The highest BCUT2D eigenvalue weighted by atomic mass is 15.0. The molecule has 120 valence electrons. The number of hydrogen-bond donors (Lipinski definition) is 1. The van der Waals surface area contributed by atoms with Gasteiger partial charge in [0.2, 0.25) is 5.69 Å². The third kappa shape index (κ3) is 2.30. The molecule has 2 nitrogen and oxygen atoms in total. The summed E-state index contributed by atoms with van der Waals surface area (Å²) >= 11 is 0. The maximum absolute atomic E-state index is 3.50. The first-order chi connectivity index (χ1) is 11.6. The van der Waals surface area contributed by atoms with Gasteiger partial charge in [-0.25, -0.2) is 0 Å². The maximum Gasteiger partial charge on any atom is 0.209 e. The number of fused-ring (bicyclic) bond motifs is 2. The second-order valence-corrected chi connectivity index (χ2v) is 7.10. The molecule has 0 aliphatic carbocycles. The van der Waals surface area contributed by atoms with Crippen LogP contribution < -0.4 is 5.32 Å². The molecule has 2 aromatic rings. The van der Waals surface area contributed by atoms with Gasteiger partial charge in [0, 0.05) is 35.5 Å². The zero-order valence-electron chi connectivity index (χ0n) is 14.5. The van der Waals surface area contributed by atoms with Gasteiger partial charge in [0.15, 0.2) is 5.71 Å². The topological polar surface area (TPSA) is 15.0 Å². The normalized spacial score (nSPS) is 19.7. The first-order valence-electron chi connectivity index (χ1n) is 8.50. The predicted octanol–water partition coefficient (Wildman–Crippen LogP) is 4.80. The number of hydrogen-bond acceptors (Lipinski definition) is 1. The lowest BCUT2D eigenvalue weighted by Gasteiger charge is -2.14. The van der Waals surface area contributed by atoms with Crippen LogP contribution in [0.5, 0.6) is 0 Å². The third-order valence-electron chi connectivity index (χ3n) is 5.19. The summed E-state index contributed by atoms with van der Waals surface area (Å²) in [6.45, 7) is 4.59. The molecule has 2 aromatic carbocycles. The number of para-hydroxylation sites is 2. The van der Waals surface area contributed by atoms with E-state index in [1.165, 1.54) is 33.9 Å². The highest BCUT2D eigenvalue weighted by Gasteiger charge is 2.42. The Morgan fingerprint density at radius 3 is 2.58 bits per heavy atom. The predicted molar refractivity (Wildman–Crippen MR) is 101 cm³/mol. The van der Waals surface area contributed by atoms with Gasteiger partial charge >= 0.3 is 0 Å². The fourth-order valence-corrected chi connectivity index (χ4v) is 3.88. The second kappa shape index (κ2) is 5.48. The number of nitrogens with one attached hydrogen (secondary N) is 1. The molecule has 0 aromatic heterocycles. The van der Waals surface area contributed by atoms with Crippen molar-refractivity contribution in [3.8, 4) is 0 Å². The van der Waals surface area contributed by atoms with Crippen molar-refractivity contribution in [3.05, 3.63) is 83.6 Å². The lowest BCUT2D eigenvalue weighted by Crippen LogP contribution is -2.26. The molecule has 0 unspecified atom stereocenters. The largest absolute Gasteiger partial charge is 0.358 e. The molecule has 24 heavy (non-hydrogen) atoms. The molecule has 0 spiro atoms. The molecule has 0 saturated carbocycles. The maximum atomic E-state index is 3.50. The van der Waals surface area contributed by atoms with Gasteiger partial charge in [-0.3, -0.25) is 0 Å². The summed E-state index contributed by atoms with van der Waals surface area (Å²) < 4.78 is 2.31. The van der Waals surface area contributed by atoms with Crippen molar-refractivity contribution in [2.45, 2.75) is 25.7 Å². The number of allylic oxidation sites excluding steroid dienone is 4. The van der Waals surface area contributed by atoms with Gasteiger partial charge in [-0.2, -0.15) is 4.58 Å². The van der Waals surface area contributed by atoms with Crippen LogP contribution >= 0.6 is 0 Å². The Morgan fingerprint density at radius 1 is 1.04 bits per heavy atom. The van der Waals surface area contributed by atoms with Crippen LogP contribution in [0.4, 0.5) is 11.4 Å². The average Bonchev–Trinajstić information content (AvgIpc) is 3.07. The zero-order valence-corrected chi connectivity index (χ0v) is 14.5. The summed E-state index contributed by atoms with van der Waals surface area (Å²) in [4.78, 5) is 0. The fraction of sp³-hybridized carbons (Fsp3) is 0.227. The standard InChI is InChI=1S/C22H22N2/c1-22(2)18-11-5-7-13-20(18)24(3)21(22)14-8-10-17-15-16-9-4-6-12-19(16)23-17/h4-14H,15H2,1-3H3/p+1. The van der Waals surface area contributed by atoms with E-state index in [0.29, 0.717) is 0 Å². The summed E-state index contributed by atoms with van der Waals surface area (Å²) in [5, 5.41) is 3.50. The van der Waals surface area contributed by atoms with Crippen molar-refractivity contribution >= 4 is 17.1 Å². The van der Waals surface area contributed by atoms with Crippen LogP contribution in [-0.2, 0) is 11.8 Å². The third-order valence-corrected chi connectivity index (χ3v) is 5.19. The SMILES string of the molecule is C[N+]1=C(C=CC=C2Cc3ccccc3N2)C(C)(C)c2ccccc21. The molecule has 0 atom stereocenters. The number of nitrogens with zero attached hydrogens (tertiary/aromatic N) is 1. The lowest BCUT2D eigenvalue weighted by molar-refractivity contribution is -0.401. The van der Waals surface area contributed by atoms with E-state index in [1.807, 2.05) is 0 Å². The van der Waals surface area contributed by atoms with Crippen LogP contribution in [0.1, 0.15) is 25.0 Å². The Hall–Kier alpha value is -2.61. The van der Waals surface area contributed by atoms with Gasteiger partial charge in [-0.15, -0.1) is 0 Å². The molecule has 4 rings (SSSR count). The fourth-order valence-electron chi connectivity index (χ4n) is 3.88. The van der Waals surface area contributed by atoms with Crippen LogP contribution in [0.3, 0.4) is 0 Å². The van der Waals surface area contributed by atoms with E-state index in [4.69, 9.17) is 0 Å². The number of rotatable bonds is 2. The highest BCUT2D eigenvalue weighted by Crippen LogP contribution is 2.39. The van der Waals surface area contributed by atoms with E-state index < -0.39 is 0 Å². The lowest BCUT2D eigenvalue weighted by atomic mass is 9.81. The summed E-state index contributed by atoms with van der Waals surface area (Å²) in [6, 6.07) is 17.2. The molecule has 0 fully saturated rings. The molecule has 2 aliphatic heterocycles. The van der Waals surface area contributed by atoms with Gasteiger partial charge in [0.05, 0.1) is 5.41 Å². The van der Waals surface area contributed by atoms with Gasteiger partial charge in [0.1, 0.15) is 7.05 Å². The van der Waals surface area contributed by atoms with Crippen LogP contribution in [0.25, 0.3) is 0 Å². The van der Waals surface area contributed by atoms with E-state index in [9.17, 15) is 0 Å². The molecule has 0 bridgehead atoms. The summed E-state index contributed by atoms with van der Waals surface area (Å²) in [5.74, 6) is 0. The van der Waals surface area contributed by atoms with Crippen molar-refractivity contribution in [1.82, 2.24) is 0 Å². The monoisotopic (exact) mass is 315 g/mol. The smallest absolute Gasteiger partial charge is 0.209 e. The zero-order chi connectivity index (χ0) is 16.7. The molecular weight excluding hydrogens is 292 g/mol. The van der Waals surface area contributed by atoms with E-state index in [-0.39, 0.29) is 5.41 Å². The van der Waals surface area contributed by atoms with Gasteiger partial charge < -0.3 is 5.32 Å². The minimum Gasteiger partial charge on any atom is -0.358 e. The van der Waals surface area contributed by atoms with Crippen LogP contribution in [0, 0.1) is 0 Å². The highest BCUT2D eigenvalue weighted by molar-refractivity contribution is 6.03. The van der Waals surface area contributed by atoms with Gasteiger partial charge in [-0.1, -0.05) is 42.5 Å². The van der Waals surface area contributed by atoms with Crippen molar-refractivity contribution in [2.75, 3.05) is 12.4 Å². The minimum atomic E-state index is 0.0341. The molecule has 2 aliphatic rings. The van der Waals surface area contributed by atoms with E-state index in [1.54, 1.807) is 0 Å². The van der Waals surface area contributed by atoms with Gasteiger partial charge in [-0.05, 0) is 31.6 Å². The second-order valence-electron chi connectivity index (χ2n) is 7.10. The Balaban J connectivity index is 1.60. The van der Waals surface area contributed by atoms with E-state index in [2.05, 4.69) is 97.5 Å².